The molecule has 44 heavy (non-hydrogen) atoms. The molecule has 3 heterocycles. The fourth-order valence-corrected chi connectivity index (χ4v) is 5.09. The number of anilines is 3. The van der Waals surface area contributed by atoms with Gasteiger partial charge >= 0.3 is 0 Å². The third-order valence-corrected chi connectivity index (χ3v) is 7.35. The largest absolute Gasteiger partial charge is 0.507 e. The van der Waals surface area contributed by atoms with Crippen LogP contribution in [0.1, 0.15) is 30.0 Å². The van der Waals surface area contributed by atoms with Crippen LogP contribution in [0.2, 0.25) is 0 Å². The van der Waals surface area contributed by atoms with Crippen molar-refractivity contribution in [1.29, 1.82) is 0 Å². The Morgan fingerprint density at radius 3 is 2.68 bits per heavy atom. The van der Waals surface area contributed by atoms with Crippen LogP contribution < -0.4 is 26.7 Å². The molecular weight excluding hydrogens is 564 g/mol. The molecule has 0 radical (unpaired) electrons. The number of aromatic nitrogens is 5. The maximum absolute atomic E-state index is 13.6. The van der Waals surface area contributed by atoms with Crippen LogP contribution >= 0.6 is 0 Å². The zero-order valence-corrected chi connectivity index (χ0v) is 23.7. The van der Waals surface area contributed by atoms with Gasteiger partial charge in [0.25, 0.3) is 11.5 Å². The number of para-hydroxylation sites is 1. The second kappa shape index (κ2) is 11.8. The Balaban J connectivity index is 1.26. The lowest BCUT2D eigenvalue weighted by Crippen LogP contribution is -2.45. The van der Waals surface area contributed by atoms with E-state index in [4.69, 9.17) is 10.5 Å². The minimum Gasteiger partial charge on any atom is -0.507 e. The predicted octanol–water partition coefficient (Wildman–Crippen LogP) is 3.19. The van der Waals surface area contributed by atoms with Crippen LogP contribution in [-0.2, 0) is 16.0 Å². The molecule has 0 bridgehead atoms. The molecule has 2 aromatic heterocycles. The average molecular weight is 593 g/mol. The second-order valence-electron chi connectivity index (χ2n) is 10.4. The van der Waals surface area contributed by atoms with Gasteiger partial charge in [0.05, 0.1) is 17.7 Å². The lowest BCUT2D eigenvalue weighted by atomic mass is 10.1. The van der Waals surface area contributed by atoms with Gasteiger partial charge in [-0.15, -0.1) is 15.3 Å². The normalized spacial score (nSPS) is 14.8. The van der Waals surface area contributed by atoms with Gasteiger partial charge in [-0.05, 0) is 54.8 Å². The van der Waals surface area contributed by atoms with Gasteiger partial charge in [0, 0.05) is 30.2 Å². The van der Waals surface area contributed by atoms with Crippen molar-refractivity contribution >= 4 is 39.9 Å². The number of phenolic OH excluding ortho intramolecular Hbond substituents is 1. The van der Waals surface area contributed by atoms with Crippen molar-refractivity contribution in [3.8, 4) is 22.8 Å². The van der Waals surface area contributed by atoms with Gasteiger partial charge in [-0.2, -0.15) is 4.68 Å². The number of aromatic hydroxyl groups is 1. The number of carbonyl (C=O) groups is 2. The number of benzene rings is 3. The third kappa shape index (κ3) is 5.62. The summed E-state index contributed by atoms with van der Waals surface area (Å²) in [4.78, 5) is 37.7. The molecule has 1 aliphatic rings. The van der Waals surface area contributed by atoms with Gasteiger partial charge in [0.15, 0.2) is 11.6 Å². The van der Waals surface area contributed by atoms with E-state index in [2.05, 4.69) is 31.1 Å². The lowest BCUT2D eigenvalue weighted by Gasteiger charge is -2.21. The van der Waals surface area contributed by atoms with Crippen molar-refractivity contribution in [2.45, 2.75) is 32.2 Å². The average Bonchev–Trinajstić information content (AvgIpc) is 3.00. The summed E-state index contributed by atoms with van der Waals surface area (Å²) < 4.78 is 7.04. The number of imide groups is 1. The molecule has 1 unspecified atom stereocenters. The molecule has 6 rings (SSSR count). The Bertz CT molecular complexity index is 1980. The quantitative estimate of drug-likeness (QED) is 0.194. The summed E-state index contributed by atoms with van der Waals surface area (Å²) >= 11 is 0. The Morgan fingerprint density at radius 2 is 1.86 bits per heavy atom. The summed E-state index contributed by atoms with van der Waals surface area (Å²) in [5.41, 5.74) is 9.97. The third-order valence-electron chi connectivity index (χ3n) is 7.35. The van der Waals surface area contributed by atoms with E-state index < -0.39 is 17.5 Å². The Labute approximate surface area is 250 Å². The van der Waals surface area contributed by atoms with E-state index in [0.29, 0.717) is 34.6 Å². The number of hydrogen-bond donors (Lipinski definition) is 4. The number of nitrogens with one attached hydrogen (secondary N) is 2. The number of nitrogens with zero attached hydrogens (tertiary/aromatic N) is 5. The van der Waals surface area contributed by atoms with Gasteiger partial charge in [0.2, 0.25) is 5.91 Å². The van der Waals surface area contributed by atoms with E-state index in [1.807, 2.05) is 25.1 Å². The molecule has 13 heteroatoms. The molecule has 0 aliphatic carbocycles. The molecule has 5 N–H and O–H groups in total. The molecule has 1 fully saturated rings. The fourth-order valence-electron chi connectivity index (χ4n) is 5.09. The molecule has 1 aliphatic heterocycles. The van der Waals surface area contributed by atoms with Crippen LogP contribution in [-0.4, -0.2) is 48.7 Å². The SMILES string of the molecule is Cc1ccc(CCOc2cc(-c3ccccc3O)nnc2N)c(Nc2cccc3nnn(C4CCC(=O)NC4=O)c(=O)c23)c1. The Kier molecular flexibility index (Phi) is 7.58. The minimum atomic E-state index is -0.932. The van der Waals surface area contributed by atoms with E-state index >= 15 is 0 Å². The highest BCUT2D eigenvalue weighted by Gasteiger charge is 2.30. The second-order valence-corrected chi connectivity index (χ2v) is 10.4. The number of piperidine rings is 1. The molecule has 13 nitrogen and oxygen atoms in total. The van der Waals surface area contributed by atoms with E-state index in [9.17, 15) is 19.5 Å². The number of aryl methyl sites for hydroxylation is 1. The number of hydrogen-bond acceptors (Lipinski definition) is 11. The Morgan fingerprint density at radius 1 is 1.02 bits per heavy atom. The summed E-state index contributed by atoms with van der Waals surface area (Å²) in [6, 6.07) is 18.6. The first kappa shape index (κ1) is 28.3. The van der Waals surface area contributed by atoms with Crippen molar-refractivity contribution in [2.75, 3.05) is 17.7 Å². The van der Waals surface area contributed by atoms with Crippen molar-refractivity contribution in [3.05, 3.63) is 88.2 Å². The molecule has 1 atom stereocenters. The van der Waals surface area contributed by atoms with Crippen LogP contribution in [0.4, 0.5) is 17.2 Å². The summed E-state index contributed by atoms with van der Waals surface area (Å²) in [5, 5.41) is 32.4. The maximum Gasteiger partial charge on any atom is 0.280 e. The number of amides is 2. The molecule has 5 aromatic rings. The van der Waals surface area contributed by atoms with Crippen LogP contribution in [0.15, 0.2) is 71.5 Å². The molecule has 1 saturated heterocycles. The van der Waals surface area contributed by atoms with Gasteiger partial charge in [-0.3, -0.25) is 19.7 Å². The number of phenols is 1. The van der Waals surface area contributed by atoms with Gasteiger partial charge < -0.3 is 20.9 Å². The van der Waals surface area contributed by atoms with Gasteiger partial charge in [-0.25, -0.2) is 0 Å². The van der Waals surface area contributed by atoms with E-state index in [1.165, 1.54) is 0 Å². The van der Waals surface area contributed by atoms with E-state index in [0.717, 1.165) is 21.5 Å². The van der Waals surface area contributed by atoms with Crippen molar-refractivity contribution < 1.29 is 19.4 Å². The van der Waals surface area contributed by atoms with Gasteiger partial charge in [0.1, 0.15) is 23.0 Å². The number of rotatable bonds is 8. The highest BCUT2D eigenvalue weighted by atomic mass is 16.5. The van der Waals surface area contributed by atoms with Crippen LogP contribution in [0.3, 0.4) is 0 Å². The molecule has 222 valence electrons. The molecule has 0 saturated carbocycles. The first-order valence-electron chi connectivity index (χ1n) is 13.9. The number of carbonyl (C=O) groups excluding carboxylic acids is 2. The highest BCUT2D eigenvalue weighted by molar-refractivity contribution is 5.99. The molecule has 0 spiro atoms. The number of nitrogens with two attached hydrogens (primary N) is 1. The first-order valence-corrected chi connectivity index (χ1v) is 13.9. The molecule has 2 amide bonds. The predicted molar refractivity (Wildman–Crippen MR) is 162 cm³/mol. The zero-order valence-electron chi connectivity index (χ0n) is 23.7. The van der Waals surface area contributed by atoms with E-state index in [1.54, 1.807) is 48.5 Å². The summed E-state index contributed by atoms with van der Waals surface area (Å²) in [6.07, 6.45) is 0.740. The van der Waals surface area contributed by atoms with E-state index in [-0.39, 0.29) is 42.3 Å². The monoisotopic (exact) mass is 592 g/mol. The molecular formula is C31H28N8O5. The highest BCUT2D eigenvalue weighted by Crippen LogP contribution is 2.31. The number of nitrogen functional groups attached to an aromatic ring is 1. The first-order chi connectivity index (χ1) is 21.3. The minimum absolute atomic E-state index is 0.0659. The maximum atomic E-state index is 13.6. The smallest absolute Gasteiger partial charge is 0.280 e. The van der Waals surface area contributed by atoms with Crippen LogP contribution in [0.25, 0.3) is 22.2 Å². The lowest BCUT2D eigenvalue weighted by molar-refractivity contribution is -0.136. The summed E-state index contributed by atoms with van der Waals surface area (Å²) in [6.45, 7) is 2.21. The summed E-state index contributed by atoms with van der Waals surface area (Å²) in [5.74, 6) is -0.445. The summed E-state index contributed by atoms with van der Waals surface area (Å²) in [7, 11) is 0. The topological polar surface area (TPSA) is 187 Å². The number of ether oxygens (including phenoxy) is 1. The fraction of sp³-hybridized carbons (Fsp3) is 0.194. The van der Waals surface area contributed by atoms with Crippen molar-refractivity contribution in [2.24, 2.45) is 0 Å². The Hall–Kier alpha value is -5.85. The van der Waals surface area contributed by atoms with Crippen molar-refractivity contribution in [3.63, 3.8) is 0 Å². The zero-order chi connectivity index (χ0) is 30.8. The van der Waals surface area contributed by atoms with Crippen LogP contribution in [0.5, 0.6) is 11.5 Å². The van der Waals surface area contributed by atoms with Crippen LogP contribution in [0, 0.1) is 6.92 Å². The molecule has 3 aromatic carbocycles. The number of fused-ring (bicyclic) bond motifs is 1. The standard InChI is InChI=1S/C31H28N8O5/c1-17-9-10-18(13-14-44-26-16-23(35-37-29(26)32)19-5-2-3-8-25(19)40)22(15-17)33-20-6-4-7-21-28(20)31(43)39(38-36-21)24-11-12-27(41)34-30(24)42/h2-10,15-16,24,33,40H,11-14H2,1H3,(H2,32,37)(H,34,41,42). The van der Waals surface area contributed by atoms with Gasteiger partial charge in [-0.1, -0.05) is 35.5 Å². The van der Waals surface area contributed by atoms with Crippen molar-refractivity contribution in [1.82, 2.24) is 30.5 Å².